The molecule has 0 aliphatic heterocycles. The quantitative estimate of drug-likeness (QED) is 0.0614. The third-order valence-electron chi connectivity index (χ3n) is 3.91. The summed E-state index contributed by atoms with van der Waals surface area (Å²) < 4.78 is 15.2. The van der Waals surface area contributed by atoms with Crippen LogP contribution in [0.3, 0.4) is 0 Å². The first kappa shape index (κ1) is 39.8. The molecule has 2 atom stereocenters. The number of hydrogen-bond acceptors (Lipinski definition) is 12. The topological polar surface area (TPSA) is 187 Å². The Morgan fingerprint density at radius 2 is 1.18 bits per heavy atom. The van der Waals surface area contributed by atoms with Crippen LogP contribution < -0.4 is 113 Å². The molecule has 0 spiro atoms. The average molecular weight is 546 g/mol. The van der Waals surface area contributed by atoms with Gasteiger partial charge in [-0.2, -0.15) is 0 Å². The zero-order valence-corrected chi connectivity index (χ0v) is 26.9. The Kier molecular flexibility index (Phi) is 27.3. The Balaban J connectivity index is -0.00000480. The number of esters is 2. The first-order chi connectivity index (χ1) is 15.1. The Bertz CT molecular complexity index is 528. The van der Waals surface area contributed by atoms with Crippen molar-refractivity contribution in [2.75, 3.05) is 52.7 Å². The number of nitrogens with zero attached hydrogens (tertiary/aromatic N) is 1. The first-order valence-corrected chi connectivity index (χ1v) is 10.1. The summed E-state index contributed by atoms with van der Waals surface area (Å²) in [6.45, 7) is 2.83. The van der Waals surface area contributed by atoms with E-state index >= 15 is 0 Å². The van der Waals surface area contributed by atoms with Crippen molar-refractivity contribution in [1.29, 1.82) is 0 Å². The van der Waals surface area contributed by atoms with Gasteiger partial charge < -0.3 is 49.6 Å². The van der Waals surface area contributed by atoms with Crippen molar-refractivity contribution < 1.29 is 162 Å². The minimum Gasteiger partial charge on any atom is -0.723 e. The van der Waals surface area contributed by atoms with Crippen LogP contribution >= 0.6 is 0 Å². The van der Waals surface area contributed by atoms with Crippen LogP contribution in [0.5, 0.6) is 0 Å². The fourth-order valence-electron chi connectivity index (χ4n) is 2.14. The minimum absolute atomic E-state index is 0. The molecule has 0 saturated carbocycles. The van der Waals surface area contributed by atoms with E-state index in [1.807, 2.05) is 0 Å². The minimum atomic E-state index is -0.810. The molecule has 0 aliphatic rings. The molecule has 188 valence electrons. The van der Waals surface area contributed by atoms with E-state index < -0.39 is 48.7 Å². The SMILES string of the molecule is CC(C)(C)OC(=O)N(CCC(=O)OCC(CO)CO[O-])CCC(=O)OCC(CO)CO[O-].[K+].[K+]. The number of ether oxygens (including phenoxy) is 3. The van der Waals surface area contributed by atoms with Gasteiger partial charge in [0.25, 0.3) is 0 Å². The molecule has 13 nitrogen and oxygen atoms in total. The van der Waals surface area contributed by atoms with Gasteiger partial charge in [0.15, 0.2) is 0 Å². The summed E-state index contributed by atoms with van der Waals surface area (Å²) in [6, 6.07) is 0. The van der Waals surface area contributed by atoms with Gasteiger partial charge in [0.2, 0.25) is 0 Å². The first-order valence-electron chi connectivity index (χ1n) is 10.1. The van der Waals surface area contributed by atoms with Gasteiger partial charge in [0, 0.05) is 38.1 Å². The smallest absolute Gasteiger partial charge is 0.723 e. The van der Waals surface area contributed by atoms with E-state index in [-0.39, 0.29) is 155 Å². The summed E-state index contributed by atoms with van der Waals surface area (Å²) in [5.74, 6) is -2.70. The number of amides is 1. The number of aliphatic hydroxyl groups excluding tert-OH is 2. The van der Waals surface area contributed by atoms with Crippen LogP contribution in [0.4, 0.5) is 4.79 Å². The summed E-state index contributed by atoms with van der Waals surface area (Å²) in [5, 5.41) is 38.4. The van der Waals surface area contributed by atoms with Crippen LogP contribution in [0.15, 0.2) is 0 Å². The Morgan fingerprint density at radius 3 is 1.47 bits per heavy atom. The molecule has 0 aromatic heterocycles. The van der Waals surface area contributed by atoms with Crippen molar-refractivity contribution in [3.63, 3.8) is 0 Å². The van der Waals surface area contributed by atoms with E-state index in [1.165, 1.54) is 0 Å². The van der Waals surface area contributed by atoms with Crippen LogP contribution in [0.25, 0.3) is 0 Å². The number of carbonyl (C=O) groups is 3. The van der Waals surface area contributed by atoms with Crippen molar-refractivity contribution in [2.45, 2.75) is 39.2 Å². The zero-order valence-electron chi connectivity index (χ0n) is 20.6. The van der Waals surface area contributed by atoms with Gasteiger partial charge in [0.1, 0.15) is 5.60 Å². The molecule has 15 heteroatoms. The number of aliphatic hydroxyl groups is 2. The van der Waals surface area contributed by atoms with Crippen molar-refractivity contribution in [1.82, 2.24) is 4.90 Å². The largest absolute Gasteiger partial charge is 1.00 e. The third-order valence-corrected chi connectivity index (χ3v) is 3.91. The molecule has 0 rings (SSSR count). The summed E-state index contributed by atoms with van der Waals surface area (Å²) >= 11 is 0. The van der Waals surface area contributed by atoms with Gasteiger partial charge in [-0.15, -0.1) is 0 Å². The molecule has 0 radical (unpaired) electrons. The predicted octanol–water partition coefficient (Wildman–Crippen LogP) is -8.10. The standard InChI is InChI=1S/C19H35NO12.2K/c1-19(2,3)32-18(25)20(6-4-16(23)28-10-14(8-21)12-30-26)7-5-17(24)29-11-15(9-22)13-31-27;;/h14-15,21-22,26-27H,4-13H2,1-3H3;;/q;2*+1/p-2. The van der Waals surface area contributed by atoms with Gasteiger partial charge >= 0.3 is 121 Å². The van der Waals surface area contributed by atoms with Crippen molar-refractivity contribution in [2.24, 2.45) is 11.8 Å². The van der Waals surface area contributed by atoms with Crippen LogP contribution in [0, 0.1) is 11.8 Å². The van der Waals surface area contributed by atoms with Crippen LogP contribution in [0.2, 0.25) is 0 Å². The van der Waals surface area contributed by atoms with E-state index in [0.29, 0.717) is 0 Å². The number of carbonyl (C=O) groups excluding carboxylic acids is 3. The fourth-order valence-corrected chi connectivity index (χ4v) is 2.14. The maximum atomic E-state index is 12.4. The van der Waals surface area contributed by atoms with E-state index in [0.717, 1.165) is 4.90 Å². The summed E-state index contributed by atoms with van der Waals surface area (Å²) in [7, 11) is 0. The summed E-state index contributed by atoms with van der Waals surface area (Å²) in [6.07, 6.45) is -1.20. The van der Waals surface area contributed by atoms with E-state index in [2.05, 4.69) is 9.78 Å². The third kappa shape index (κ3) is 21.3. The van der Waals surface area contributed by atoms with Crippen LogP contribution in [0.1, 0.15) is 33.6 Å². The second-order valence-corrected chi connectivity index (χ2v) is 8.00. The second-order valence-electron chi connectivity index (χ2n) is 8.00. The van der Waals surface area contributed by atoms with Crippen molar-refractivity contribution in [3.8, 4) is 0 Å². The van der Waals surface area contributed by atoms with E-state index in [4.69, 9.17) is 24.4 Å². The normalized spacial score (nSPS) is 12.4. The van der Waals surface area contributed by atoms with Gasteiger partial charge in [0.05, 0.1) is 39.3 Å². The van der Waals surface area contributed by atoms with Crippen LogP contribution in [-0.4, -0.2) is 91.5 Å². The molecular weight excluding hydrogens is 512 g/mol. The molecule has 2 unspecified atom stereocenters. The van der Waals surface area contributed by atoms with Crippen molar-refractivity contribution in [3.05, 3.63) is 0 Å². The molecule has 2 N–H and O–H groups in total. The van der Waals surface area contributed by atoms with Gasteiger partial charge in [-0.3, -0.25) is 9.59 Å². The molecule has 0 aliphatic carbocycles. The molecular formula is C19H33K2NO12. The van der Waals surface area contributed by atoms with Crippen LogP contribution in [-0.2, 0) is 33.6 Å². The second kappa shape index (κ2) is 23.4. The molecule has 1 amide bonds. The predicted molar refractivity (Wildman–Crippen MR) is 102 cm³/mol. The summed E-state index contributed by atoms with van der Waals surface area (Å²) in [4.78, 5) is 44.7. The van der Waals surface area contributed by atoms with Gasteiger partial charge in [-0.25, -0.2) is 4.79 Å². The number of rotatable bonds is 16. The van der Waals surface area contributed by atoms with Gasteiger partial charge in [-0.05, 0) is 20.8 Å². The Morgan fingerprint density at radius 1 is 0.794 bits per heavy atom. The number of hydrogen-bond donors (Lipinski definition) is 2. The summed E-state index contributed by atoms with van der Waals surface area (Å²) in [5.41, 5.74) is -0.810. The van der Waals surface area contributed by atoms with Gasteiger partial charge in [-0.1, -0.05) is 0 Å². The Hall–Kier alpha value is 1.24. The maximum Gasteiger partial charge on any atom is 1.00 e. The molecule has 0 fully saturated rings. The van der Waals surface area contributed by atoms with Crippen molar-refractivity contribution >= 4 is 18.0 Å². The molecule has 0 bridgehead atoms. The molecule has 34 heavy (non-hydrogen) atoms. The zero-order chi connectivity index (χ0) is 24.6. The van der Waals surface area contributed by atoms with E-state index in [1.54, 1.807) is 20.8 Å². The molecule has 0 saturated heterocycles. The molecule has 0 aromatic rings. The van der Waals surface area contributed by atoms with E-state index in [9.17, 15) is 24.9 Å². The molecule has 0 aromatic carbocycles. The monoisotopic (exact) mass is 545 g/mol. The Labute approximate surface area is 284 Å². The maximum absolute atomic E-state index is 12.4. The molecule has 0 heterocycles. The fraction of sp³-hybridized carbons (Fsp3) is 0.842. The average Bonchev–Trinajstić information content (AvgIpc) is 2.72.